The third-order valence-corrected chi connectivity index (χ3v) is 6.75. The fraction of sp³-hybridized carbons (Fsp3) is 0.619. The van der Waals surface area contributed by atoms with Gasteiger partial charge in [0.2, 0.25) is 0 Å². The number of hydrogen-bond donors (Lipinski definition) is 0. The Morgan fingerprint density at radius 2 is 1.97 bits per heavy atom. The van der Waals surface area contributed by atoms with E-state index in [1.165, 1.54) is 5.56 Å². The number of thioether (sulfide) groups is 1. The largest absolute Gasteiger partial charge is 0.325 e. The molecule has 8 heteroatoms. The van der Waals surface area contributed by atoms with Crippen LogP contribution in [-0.2, 0) is 5.75 Å². The Hall–Kier alpha value is -2.09. The zero-order chi connectivity index (χ0) is 20.2. The molecule has 2 aliphatic heterocycles. The van der Waals surface area contributed by atoms with Gasteiger partial charge in [0, 0.05) is 56.3 Å². The van der Waals surface area contributed by atoms with Gasteiger partial charge in [-0.3, -0.25) is 4.98 Å². The van der Waals surface area contributed by atoms with Crippen LogP contribution < -0.4 is 0 Å². The highest BCUT2D eigenvalue weighted by atomic mass is 32.2. The first-order valence-corrected chi connectivity index (χ1v) is 11.6. The molecule has 2 amide bonds. The summed E-state index contributed by atoms with van der Waals surface area (Å²) in [6, 6.07) is 4.53. The molecule has 0 bridgehead atoms. The van der Waals surface area contributed by atoms with E-state index in [0.717, 1.165) is 68.6 Å². The summed E-state index contributed by atoms with van der Waals surface area (Å²) < 4.78 is 2.26. The van der Waals surface area contributed by atoms with Crippen molar-refractivity contribution < 1.29 is 4.79 Å². The van der Waals surface area contributed by atoms with Crippen LogP contribution in [0.3, 0.4) is 0 Å². The number of pyridine rings is 1. The first-order chi connectivity index (χ1) is 14.1. The van der Waals surface area contributed by atoms with Crippen LogP contribution in [0.15, 0.2) is 29.7 Å². The normalized spacial score (nSPS) is 19.9. The van der Waals surface area contributed by atoms with Gasteiger partial charge in [-0.15, -0.1) is 10.2 Å². The molecule has 7 nitrogen and oxygen atoms in total. The van der Waals surface area contributed by atoms with E-state index in [0.29, 0.717) is 0 Å². The first kappa shape index (κ1) is 20.2. The standard InChI is InChI=1S/C21H30N6OS/c1-16(2)27-19(23-24-20(27)29-15-17-7-5-9-22-13-17)18-8-6-12-26(14-18)21(28)25-10-3-4-11-25/h5,7,9,13,16,18H,3-4,6,8,10-12,14-15H2,1-2H3. The minimum Gasteiger partial charge on any atom is -0.325 e. The van der Waals surface area contributed by atoms with Gasteiger partial charge < -0.3 is 14.4 Å². The molecule has 2 aromatic rings. The van der Waals surface area contributed by atoms with E-state index in [-0.39, 0.29) is 18.0 Å². The molecule has 2 saturated heterocycles. The van der Waals surface area contributed by atoms with Gasteiger partial charge in [-0.2, -0.15) is 0 Å². The van der Waals surface area contributed by atoms with Gasteiger partial charge in [0.05, 0.1) is 0 Å². The van der Waals surface area contributed by atoms with E-state index in [4.69, 9.17) is 0 Å². The van der Waals surface area contributed by atoms with Crippen molar-refractivity contribution in [3.05, 3.63) is 35.9 Å². The molecule has 1 unspecified atom stereocenters. The van der Waals surface area contributed by atoms with E-state index in [2.05, 4.69) is 39.7 Å². The molecule has 2 aliphatic rings. The smallest absolute Gasteiger partial charge is 0.320 e. The molecular weight excluding hydrogens is 384 g/mol. The van der Waals surface area contributed by atoms with Crippen LogP contribution in [0.1, 0.15) is 62.9 Å². The van der Waals surface area contributed by atoms with Gasteiger partial charge in [-0.1, -0.05) is 17.8 Å². The zero-order valence-electron chi connectivity index (χ0n) is 17.3. The maximum atomic E-state index is 12.9. The molecule has 0 radical (unpaired) electrons. The second kappa shape index (κ2) is 9.15. The van der Waals surface area contributed by atoms with Gasteiger partial charge in [-0.25, -0.2) is 4.79 Å². The lowest BCUT2D eigenvalue weighted by molar-refractivity contribution is 0.145. The second-order valence-corrected chi connectivity index (χ2v) is 9.16. The van der Waals surface area contributed by atoms with Crippen LogP contribution >= 0.6 is 11.8 Å². The van der Waals surface area contributed by atoms with Crippen LogP contribution in [-0.4, -0.2) is 61.8 Å². The second-order valence-electron chi connectivity index (χ2n) is 8.22. The van der Waals surface area contributed by atoms with Crippen LogP contribution in [0.5, 0.6) is 0 Å². The molecule has 0 N–H and O–H groups in total. The molecular formula is C21H30N6OS. The number of urea groups is 1. The average molecular weight is 415 g/mol. The van der Waals surface area contributed by atoms with Gasteiger partial charge in [-0.05, 0) is 51.2 Å². The molecule has 2 aromatic heterocycles. The summed E-state index contributed by atoms with van der Waals surface area (Å²) >= 11 is 1.70. The lowest BCUT2D eigenvalue weighted by Crippen LogP contribution is -2.46. The SMILES string of the molecule is CC(C)n1c(SCc2cccnc2)nnc1C1CCCN(C(=O)N2CCCC2)C1. The molecule has 29 heavy (non-hydrogen) atoms. The molecule has 4 heterocycles. The fourth-order valence-electron chi connectivity index (χ4n) is 4.25. The monoisotopic (exact) mass is 414 g/mol. The Morgan fingerprint density at radius 1 is 1.17 bits per heavy atom. The van der Waals surface area contributed by atoms with E-state index >= 15 is 0 Å². The Kier molecular flexibility index (Phi) is 6.37. The van der Waals surface area contributed by atoms with E-state index in [9.17, 15) is 4.79 Å². The van der Waals surface area contributed by atoms with Crippen LogP contribution in [0, 0.1) is 0 Å². The topological polar surface area (TPSA) is 67.2 Å². The lowest BCUT2D eigenvalue weighted by Gasteiger charge is -2.35. The van der Waals surface area contributed by atoms with Crippen LogP contribution in [0.2, 0.25) is 0 Å². The van der Waals surface area contributed by atoms with Crippen molar-refractivity contribution >= 4 is 17.8 Å². The summed E-state index contributed by atoms with van der Waals surface area (Å²) in [5, 5.41) is 10.1. The van der Waals surface area contributed by atoms with Crippen molar-refractivity contribution in [2.45, 2.75) is 62.4 Å². The number of carbonyl (C=O) groups is 1. The van der Waals surface area contributed by atoms with E-state index in [1.54, 1.807) is 18.0 Å². The Balaban J connectivity index is 1.48. The summed E-state index contributed by atoms with van der Waals surface area (Å²) in [4.78, 5) is 21.1. The van der Waals surface area contributed by atoms with Crippen LogP contribution in [0.4, 0.5) is 4.79 Å². The maximum Gasteiger partial charge on any atom is 0.320 e. The highest BCUT2D eigenvalue weighted by molar-refractivity contribution is 7.98. The van der Waals surface area contributed by atoms with Crippen molar-refractivity contribution in [2.75, 3.05) is 26.2 Å². The summed E-state index contributed by atoms with van der Waals surface area (Å²) in [6.07, 6.45) is 8.02. The number of carbonyl (C=O) groups excluding carboxylic acids is 1. The molecule has 0 aromatic carbocycles. The van der Waals surface area contributed by atoms with Crippen molar-refractivity contribution in [3.8, 4) is 0 Å². The number of piperidine rings is 1. The van der Waals surface area contributed by atoms with Crippen LogP contribution in [0.25, 0.3) is 0 Å². The first-order valence-electron chi connectivity index (χ1n) is 10.6. The lowest BCUT2D eigenvalue weighted by atomic mass is 9.97. The van der Waals surface area contributed by atoms with Gasteiger partial charge >= 0.3 is 6.03 Å². The van der Waals surface area contributed by atoms with E-state index < -0.39 is 0 Å². The van der Waals surface area contributed by atoms with Gasteiger partial charge in [0.1, 0.15) is 5.82 Å². The quantitative estimate of drug-likeness (QED) is 0.693. The Bertz CT molecular complexity index is 818. The highest BCUT2D eigenvalue weighted by Crippen LogP contribution is 2.32. The summed E-state index contributed by atoms with van der Waals surface area (Å²) in [5.41, 5.74) is 1.18. The Morgan fingerprint density at radius 3 is 2.69 bits per heavy atom. The molecule has 156 valence electrons. The van der Waals surface area contributed by atoms with Crippen molar-refractivity contribution in [2.24, 2.45) is 0 Å². The zero-order valence-corrected chi connectivity index (χ0v) is 18.1. The molecule has 2 fully saturated rings. The average Bonchev–Trinajstić information content (AvgIpc) is 3.42. The number of aromatic nitrogens is 4. The third kappa shape index (κ3) is 4.57. The van der Waals surface area contributed by atoms with Gasteiger partial charge in [0.15, 0.2) is 5.16 Å². The summed E-state index contributed by atoms with van der Waals surface area (Å²) in [7, 11) is 0. The predicted octanol–water partition coefficient (Wildman–Crippen LogP) is 3.94. The number of nitrogens with zero attached hydrogens (tertiary/aromatic N) is 6. The minimum absolute atomic E-state index is 0.203. The molecule has 1 atom stereocenters. The van der Waals surface area contributed by atoms with E-state index in [1.807, 2.05) is 22.1 Å². The number of likely N-dealkylation sites (tertiary alicyclic amines) is 2. The predicted molar refractivity (Wildman–Crippen MR) is 114 cm³/mol. The number of amides is 2. The molecule has 0 saturated carbocycles. The fourth-order valence-corrected chi connectivity index (χ4v) is 5.26. The summed E-state index contributed by atoms with van der Waals surface area (Å²) in [6.45, 7) is 7.75. The third-order valence-electron chi connectivity index (χ3n) is 5.73. The van der Waals surface area contributed by atoms with Crippen molar-refractivity contribution in [1.29, 1.82) is 0 Å². The number of hydrogen-bond acceptors (Lipinski definition) is 5. The molecule has 4 rings (SSSR count). The molecule has 0 aliphatic carbocycles. The summed E-state index contributed by atoms with van der Waals surface area (Å²) in [5.74, 6) is 2.09. The van der Waals surface area contributed by atoms with Crippen molar-refractivity contribution in [3.63, 3.8) is 0 Å². The minimum atomic E-state index is 0.203. The Labute approximate surface area is 176 Å². The molecule has 0 spiro atoms. The van der Waals surface area contributed by atoms with Gasteiger partial charge in [0.25, 0.3) is 0 Å². The van der Waals surface area contributed by atoms with Crippen molar-refractivity contribution in [1.82, 2.24) is 29.5 Å². The number of rotatable bonds is 5. The highest BCUT2D eigenvalue weighted by Gasteiger charge is 2.32. The maximum absolute atomic E-state index is 12.9.